The fourth-order valence-electron chi connectivity index (χ4n) is 3.78. The van der Waals surface area contributed by atoms with E-state index >= 15 is 0 Å². The van der Waals surface area contributed by atoms with Gasteiger partial charge in [0.15, 0.2) is 11.6 Å². The molecule has 0 saturated carbocycles. The van der Waals surface area contributed by atoms with Crippen LogP contribution in [-0.2, 0) is 11.2 Å². The number of benzene rings is 3. The van der Waals surface area contributed by atoms with Crippen LogP contribution >= 0.6 is 11.9 Å². The van der Waals surface area contributed by atoms with E-state index in [1.54, 1.807) is 26.4 Å². The molecule has 10 nitrogen and oxygen atoms in total. The molecule has 0 fully saturated rings. The van der Waals surface area contributed by atoms with E-state index in [4.69, 9.17) is 24.0 Å². The van der Waals surface area contributed by atoms with E-state index in [-0.39, 0.29) is 12.3 Å². The number of nitrogens with one attached hydrogen (secondary N) is 3. The molecule has 2 aromatic heterocycles. The van der Waals surface area contributed by atoms with Crippen molar-refractivity contribution in [2.45, 2.75) is 18.2 Å². The predicted octanol–water partition coefficient (Wildman–Crippen LogP) is 5.99. The quantitative estimate of drug-likeness (QED) is 0.181. The van der Waals surface area contributed by atoms with Crippen molar-refractivity contribution in [2.24, 2.45) is 0 Å². The Morgan fingerprint density at radius 3 is 2.26 bits per heavy atom. The predicted molar refractivity (Wildman–Crippen MR) is 152 cm³/mol. The molecule has 3 aromatic carbocycles. The second-order valence-corrected chi connectivity index (χ2v) is 9.41. The number of nitrogens with zero attached hydrogens (tertiary/aromatic N) is 3. The number of carbonyl (C=O) groups is 1. The van der Waals surface area contributed by atoms with Crippen LogP contribution in [0.2, 0.25) is 0 Å². The topological polar surface area (TPSA) is 123 Å². The number of amides is 1. The summed E-state index contributed by atoms with van der Waals surface area (Å²) in [6.07, 6.45) is 0.104. The summed E-state index contributed by atoms with van der Waals surface area (Å²) in [5.74, 6) is 2.68. The lowest BCUT2D eigenvalue weighted by atomic mass is 10.2. The smallest absolute Gasteiger partial charge is 0.232 e. The van der Waals surface area contributed by atoms with Crippen LogP contribution in [0.5, 0.6) is 11.5 Å². The Morgan fingerprint density at radius 2 is 1.59 bits per heavy atom. The lowest BCUT2D eigenvalue weighted by Crippen LogP contribution is -2.14. The largest absolute Gasteiger partial charge is 0.497 e. The van der Waals surface area contributed by atoms with E-state index in [0.29, 0.717) is 34.6 Å². The van der Waals surface area contributed by atoms with E-state index in [9.17, 15) is 4.79 Å². The van der Waals surface area contributed by atoms with Gasteiger partial charge in [-0.15, -0.1) is 0 Å². The van der Waals surface area contributed by atoms with E-state index in [2.05, 4.69) is 20.5 Å². The van der Waals surface area contributed by atoms with Crippen LogP contribution in [-0.4, -0.2) is 35.3 Å². The fourth-order valence-corrected chi connectivity index (χ4v) is 4.47. The average Bonchev–Trinajstić information content (AvgIpc) is 3.35. The van der Waals surface area contributed by atoms with Crippen molar-refractivity contribution in [1.29, 1.82) is 0 Å². The first-order valence-corrected chi connectivity index (χ1v) is 12.8. The van der Waals surface area contributed by atoms with Gasteiger partial charge in [0.1, 0.15) is 17.3 Å². The maximum Gasteiger partial charge on any atom is 0.232 e. The fraction of sp³-hybridized carbons (Fsp3) is 0.143. The Hall–Kier alpha value is -4.77. The molecule has 0 atom stereocenters. The second-order valence-electron chi connectivity index (χ2n) is 8.53. The van der Waals surface area contributed by atoms with Crippen LogP contribution in [0, 0.1) is 6.92 Å². The number of aromatic nitrogens is 3. The lowest BCUT2D eigenvalue weighted by molar-refractivity contribution is -0.115. The molecule has 3 N–H and O–H groups in total. The Kier molecular flexibility index (Phi) is 7.78. The summed E-state index contributed by atoms with van der Waals surface area (Å²) in [4.78, 5) is 22.9. The molecule has 0 radical (unpaired) electrons. The normalized spacial score (nSPS) is 10.7. The van der Waals surface area contributed by atoms with Gasteiger partial charge in [0.25, 0.3) is 0 Å². The van der Waals surface area contributed by atoms with Crippen LogP contribution in [0.1, 0.15) is 11.5 Å². The molecule has 11 heteroatoms. The maximum absolute atomic E-state index is 12.5. The molecule has 198 valence electrons. The van der Waals surface area contributed by atoms with Gasteiger partial charge in [-0.1, -0.05) is 23.4 Å². The Bertz CT molecular complexity index is 1600. The minimum absolute atomic E-state index is 0.104. The number of methoxy groups -OCH3 is 2. The first-order chi connectivity index (χ1) is 19.0. The van der Waals surface area contributed by atoms with Crippen molar-refractivity contribution in [3.8, 4) is 11.5 Å². The van der Waals surface area contributed by atoms with Crippen molar-refractivity contribution in [2.75, 3.05) is 29.6 Å². The standard InChI is InChI=1S/C28H26N6O4S/c1-17-11-22(38-33-17)16-26(35)29-18-7-6-8-23(14-18)39-34-28-27(31-24-9-4-5-10-25(24)32-28)30-19-12-20(36-2)15-21(13-19)37-3/h4-15H,16H2,1-3H3,(H,29,35)(H,30,31)(H,32,34). The van der Waals surface area contributed by atoms with Gasteiger partial charge in [0, 0.05) is 40.5 Å². The summed E-state index contributed by atoms with van der Waals surface area (Å²) >= 11 is 1.35. The third kappa shape index (κ3) is 6.57. The first kappa shape index (κ1) is 25.9. The van der Waals surface area contributed by atoms with Crippen LogP contribution < -0.4 is 24.8 Å². The molecule has 0 bridgehead atoms. The lowest BCUT2D eigenvalue weighted by Gasteiger charge is -2.14. The second kappa shape index (κ2) is 11.7. The molecule has 0 saturated heterocycles. The Labute approximate surface area is 229 Å². The summed E-state index contributed by atoms with van der Waals surface area (Å²) in [7, 11) is 3.20. The van der Waals surface area contributed by atoms with Crippen molar-refractivity contribution in [3.05, 3.63) is 84.3 Å². The Balaban J connectivity index is 1.35. The first-order valence-electron chi connectivity index (χ1n) is 12.0. The molecule has 0 spiro atoms. The van der Waals surface area contributed by atoms with Crippen LogP contribution in [0.25, 0.3) is 11.0 Å². The summed E-state index contributed by atoms with van der Waals surface area (Å²) in [5.41, 5.74) is 3.62. The molecule has 0 unspecified atom stereocenters. The van der Waals surface area contributed by atoms with E-state index in [1.807, 2.05) is 67.6 Å². The number of carbonyl (C=O) groups excluding carboxylic acids is 1. The summed E-state index contributed by atoms with van der Waals surface area (Å²) in [6, 6.07) is 22.4. The number of fused-ring (bicyclic) bond motifs is 1. The molecule has 0 aliphatic carbocycles. The van der Waals surface area contributed by atoms with Gasteiger partial charge < -0.3 is 29.4 Å². The van der Waals surface area contributed by atoms with Gasteiger partial charge in [0.2, 0.25) is 5.91 Å². The number of hydrogen-bond acceptors (Lipinski definition) is 10. The van der Waals surface area contributed by atoms with Crippen LogP contribution in [0.15, 0.2) is 82.2 Å². The van der Waals surface area contributed by atoms with Crippen molar-refractivity contribution in [3.63, 3.8) is 0 Å². The van der Waals surface area contributed by atoms with E-state index in [0.717, 1.165) is 27.3 Å². The number of rotatable bonds is 10. The van der Waals surface area contributed by atoms with Crippen molar-refractivity contribution in [1.82, 2.24) is 15.1 Å². The highest BCUT2D eigenvalue weighted by atomic mass is 32.2. The minimum Gasteiger partial charge on any atom is -0.497 e. The number of ether oxygens (including phenoxy) is 2. The molecule has 0 aliphatic rings. The number of anilines is 4. The van der Waals surface area contributed by atoms with Gasteiger partial charge in [-0.25, -0.2) is 9.97 Å². The minimum atomic E-state index is -0.193. The average molecular weight is 543 g/mol. The van der Waals surface area contributed by atoms with Crippen LogP contribution in [0.3, 0.4) is 0 Å². The van der Waals surface area contributed by atoms with Gasteiger partial charge in [0.05, 0.1) is 37.4 Å². The highest BCUT2D eigenvalue weighted by Gasteiger charge is 2.13. The van der Waals surface area contributed by atoms with E-state index < -0.39 is 0 Å². The van der Waals surface area contributed by atoms with Gasteiger partial charge in [-0.2, -0.15) is 0 Å². The highest BCUT2D eigenvalue weighted by molar-refractivity contribution is 8.00. The molecule has 0 aliphatic heterocycles. The zero-order chi connectivity index (χ0) is 27.2. The van der Waals surface area contributed by atoms with E-state index in [1.165, 1.54) is 11.9 Å². The highest BCUT2D eigenvalue weighted by Crippen LogP contribution is 2.32. The summed E-state index contributed by atoms with van der Waals surface area (Å²) < 4.78 is 19.2. The SMILES string of the molecule is COc1cc(Nc2nc3ccccc3nc2NSc2cccc(NC(=O)Cc3cc(C)no3)c2)cc(OC)c1. The van der Waals surface area contributed by atoms with Crippen LogP contribution in [0.4, 0.5) is 23.0 Å². The van der Waals surface area contributed by atoms with Gasteiger partial charge in [-0.3, -0.25) is 4.79 Å². The summed E-state index contributed by atoms with van der Waals surface area (Å²) in [6.45, 7) is 1.81. The molecule has 5 rings (SSSR count). The van der Waals surface area contributed by atoms with Gasteiger partial charge in [-0.05, 0) is 49.2 Å². The third-order valence-corrected chi connectivity index (χ3v) is 6.36. The van der Waals surface area contributed by atoms with Crippen molar-refractivity contribution >= 4 is 51.9 Å². The summed E-state index contributed by atoms with van der Waals surface area (Å²) in [5, 5.41) is 10.0. The number of para-hydroxylation sites is 2. The zero-order valence-corrected chi connectivity index (χ0v) is 22.3. The van der Waals surface area contributed by atoms with Crippen molar-refractivity contribution < 1.29 is 18.8 Å². The molecule has 2 heterocycles. The number of aryl methyl sites for hydroxylation is 1. The molecular formula is C28H26N6O4S. The third-order valence-electron chi connectivity index (χ3n) is 5.58. The maximum atomic E-state index is 12.5. The molecular weight excluding hydrogens is 516 g/mol. The molecule has 5 aromatic rings. The molecule has 1 amide bonds. The molecule has 39 heavy (non-hydrogen) atoms. The number of hydrogen-bond donors (Lipinski definition) is 3. The van der Waals surface area contributed by atoms with Gasteiger partial charge >= 0.3 is 0 Å². The monoisotopic (exact) mass is 542 g/mol. The Morgan fingerprint density at radius 1 is 0.872 bits per heavy atom. The zero-order valence-electron chi connectivity index (χ0n) is 21.5.